The van der Waals surface area contributed by atoms with Crippen molar-refractivity contribution in [2.24, 2.45) is 0 Å². The van der Waals surface area contributed by atoms with Gasteiger partial charge in [0.1, 0.15) is 0 Å². The van der Waals surface area contributed by atoms with Gasteiger partial charge in [0.15, 0.2) is 0 Å². The molecule has 1 heterocycles. The Hall–Kier alpha value is -2.52. The van der Waals surface area contributed by atoms with Gasteiger partial charge >= 0.3 is 19.3 Å². The van der Waals surface area contributed by atoms with Crippen LogP contribution >= 0.6 is 0 Å². The fourth-order valence-electron chi connectivity index (χ4n) is 3.60. The molecule has 0 aliphatic carbocycles. The number of ether oxygens (including phenoxy) is 1. The van der Waals surface area contributed by atoms with Crippen molar-refractivity contribution in [1.82, 2.24) is 0 Å². The maximum atomic E-state index is 13.8. The van der Waals surface area contributed by atoms with Gasteiger partial charge in [-0.15, -0.1) is 0 Å². The van der Waals surface area contributed by atoms with Crippen molar-refractivity contribution in [2.75, 3.05) is 11.9 Å². The molecule has 0 unspecified atom stereocenters. The van der Waals surface area contributed by atoms with Crippen molar-refractivity contribution in [2.45, 2.75) is 65.3 Å². The molecule has 0 amide bonds. The van der Waals surface area contributed by atoms with E-state index in [4.69, 9.17) is 14.0 Å². The Labute approximate surface area is 192 Å². The summed E-state index contributed by atoms with van der Waals surface area (Å²) in [6, 6.07) is 8.92. The first-order chi connectivity index (χ1) is 15.3. The van der Waals surface area contributed by atoms with E-state index in [-0.39, 0.29) is 12.1 Å². The highest BCUT2D eigenvalue weighted by Gasteiger charge is 2.53. The minimum atomic E-state index is -4.56. The Morgan fingerprint density at radius 1 is 1.00 bits per heavy atom. The molecule has 1 aliphatic heterocycles. The Morgan fingerprint density at radius 3 is 2.12 bits per heavy atom. The Kier molecular flexibility index (Phi) is 6.87. The van der Waals surface area contributed by atoms with Gasteiger partial charge < -0.3 is 19.4 Å². The minimum absolute atomic E-state index is 0.0926. The summed E-state index contributed by atoms with van der Waals surface area (Å²) in [6.07, 6.45) is -3.97. The van der Waals surface area contributed by atoms with Crippen LogP contribution in [-0.4, -0.2) is 30.9 Å². The first-order valence-electron chi connectivity index (χ1n) is 10.9. The van der Waals surface area contributed by atoms with Gasteiger partial charge in [0.25, 0.3) is 0 Å². The molecule has 3 rings (SSSR count). The summed E-state index contributed by atoms with van der Waals surface area (Å²) in [5.41, 5.74) is -0.125. The van der Waals surface area contributed by atoms with Crippen LogP contribution in [-0.2, 0) is 26.6 Å². The molecule has 1 aliphatic rings. The number of carbonyl (C=O) groups excluding carboxylic acids is 1. The minimum Gasteiger partial charge on any atom is -0.462 e. The second-order valence-corrected chi connectivity index (χ2v) is 8.96. The van der Waals surface area contributed by atoms with Crippen molar-refractivity contribution in [3.05, 3.63) is 53.1 Å². The Morgan fingerprint density at radius 2 is 1.58 bits per heavy atom. The lowest BCUT2D eigenvalue weighted by molar-refractivity contribution is -0.136. The highest BCUT2D eigenvalue weighted by Crippen LogP contribution is 2.38. The molecule has 0 saturated carbocycles. The third-order valence-corrected chi connectivity index (χ3v) is 6.13. The van der Waals surface area contributed by atoms with Crippen LogP contribution in [0.4, 0.5) is 24.5 Å². The first-order valence-corrected chi connectivity index (χ1v) is 10.9. The van der Waals surface area contributed by atoms with Crippen LogP contribution in [0, 0.1) is 0 Å². The van der Waals surface area contributed by atoms with E-state index in [2.05, 4.69) is 5.32 Å². The highest BCUT2D eigenvalue weighted by molar-refractivity contribution is 6.62. The number of anilines is 2. The standard InChI is InChI=1S/C24H29BF3NO4/c1-7-15-13-16(9-11-18(15)21(30)31-8-2)29-17-10-12-19(24(26,27)28)20(14-17)25-32-22(3,4)23(5,6)33-25/h9-14,29H,7-8H2,1-6H3. The van der Waals surface area contributed by atoms with E-state index < -0.39 is 36.0 Å². The number of benzene rings is 2. The predicted molar refractivity (Wildman–Crippen MR) is 122 cm³/mol. The van der Waals surface area contributed by atoms with E-state index in [1.807, 2.05) is 6.92 Å². The summed E-state index contributed by atoms with van der Waals surface area (Å²) in [5.74, 6) is -0.404. The zero-order valence-corrected chi connectivity index (χ0v) is 19.7. The number of carbonyl (C=O) groups is 1. The first kappa shape index (κ1) is 25.1. The lowest BCUT2D eigenvalue weighted by atomic mass is 9.75. The molecule has 9 heteroatoms. The molecule has 33 heavy (non-hydrogen) atoms. The molecule has 178 valence electrons. The fraction of sp³-hybridized carbons (Fsp3) is 0.458. The molecule has 5 nitrogen and oxygen atoms in total. The van der Waals surface area contributed by atoms with Crippen molar-refractivity contribution in [3.63, 3.8) is 0 Å². The average molecular weight is 463 g/mol. The summed E-state index contributed by atoms with van der Waals surface area (Å²) in [5, 5.41) is 3.13. The molecule has 2 aromatic rings. The van der Waals surface area contributed by atoms with Gasteiger partial charge in [0, 0.05) is 11.4 Å². The predicted octanol–water partition coefficient (Wildman–Crippen LogP) is 5.49. The maximum absolute atomic E-state index is 13.8. The van der Waals surface area contributed by atoms with Crippen LogP contribution in [0.25, 0.3) is 0 Å². The van der Waals surface area contributed by atoms with Crippen molar-refractivity contribution >= 4 is 29.9 Å². The highest BCUT2D eigenvalue weighted by atomic mass is 19.4. The van der Waals surface area contributed by atoms with Gasteiger partial charge in [-0.1, -0.05) is 6.92 Å². The van der Waals surface area contributed by atoms with Gasteiger partial charge in [-0.25, -0.2) is 4.79 Å². The number of hydrogen-bond donors (Lipinski definition) is 1. The Bertz CT molecular complexity index is 1020. The number of aryl methyl sites for hydroxylation is 1. The van der Waals surface area contributed by atoms with E-state index in [1.165, 1.54) is 12.1 Å². The number of hydrogen-bond acceptors (Lipinski definition) is 5. The maximum Gasteiger partial charge on any atom is 0.495 e. The fourth-order valence-corrected chi connectivity index (χ4v) is 3.60. The number of esters is 1. The number of rotatable bonds is 6. The van der Waals surface area contributed by atoms with Gasteiger partial charge in [-0.3, -0.25) is 0 Å². The SMILES string of the molecule is CCOC(=O)c1ccc(Nc2ccc(C(F)(F)F)c(B3OC(C)(C)C(C)(C)O3)c2)cc1CC. The summed E-state index contributed by atoms with van der Waals surface area (Å²) in [4.78, 5) is 12.1. The van der Waals surface area contributed by atoms with Crippen LogP contribution in [0.2, 0.25) is 0 Å². The summed E-state index contributed by atoms with van der Waals surface area (Å²) < 4.78 is 58.1. The van der Waals surface area contributed by atoms with Crippen LogP contribution in [0.3, 0.4) is 0 Å². The monoisotopic (exact) mass is 463 g/mol. The van der Waals surface area contributed by atoms with E-state index in [0.29, 0.717) is 23.4 Å². The number of nitrogens with one attached hydrogen (secondary N) is 1. The van der Waals surface area contributed by atoms with Crippen molar-refractivity contribution in [1.29, 1.82) is 0 Å². The molecule has 1 N–H and O–H groups in total. The van der Waals surface area contributed by atoms with Gasteiger partial charge in [0.2, 0.25) is 0 Å². The molecule has 1 fully saturated rings. The van der Waals surface area contributed by atoms with E-state index in [9.17, 15) is 18.0 Å². The molecule has 1 saturated heterocycles. The molecule has 0 aromatic heterocycles. The topological polar surface area (TPSA) is 56.8 Å². The zero-order chi connectivity index (χ0) is 24.6. The van der Waals surface area contributed by atoms with Crippen LogP contribution in [0.15, 0.2) is 36.4 Å². The molecule has 2 aromatic carbocycles. The van der Waals surface area contributed by atoms with Crippen LogP contribution < -0.4 is 10.8 Å². The van der Waals surface area contributed by atoms with E-state index in [0.717, 1.165) is 11.6 Å². The third-order valence-electron chi connectivity index (χ3n) is 6.13. The number of alkyl halides is 3. The summed E-state index contributed by atoms with van der Waals surface area (Å²) in [7, 11) is -1.16. The molecule has 0 bridgehead atoms. The van der Waals surface area contributed by atoms with Crippen LogP contribution in [0.1, 0.15) is 63.0 Å². The van der Waals surface area contributed by atoms with Crippen LogP contribution in [0.5, 0.6) is 0 Å². The smallest absolute Gasteiger partial charge is 0.462 e. The Balaban J connectivity index is 1.96. The summed E-state index contributed by atoms with van der Waals surface area (Å²) in [6.45, 7) is 11.1. The second kappa shape index (κ2) is 9.03. The van der Waals surface area contributed by atoms with Gasteiger partial charge in [0.05, 0.1) is 28.9 Å². The largest absolute Gasteiger partial charge is 0.495 e. The lowest BCUT2D eigenvalue weighted by Gasteiger charge is -2.32. The van der Waals surface area contributed by atoms with Crippen molar-refractivity contribution in [3.8, 4) is 0 Å². The molecular formula is C24H29BF3NO4. The van der Waals surface area contributed by atoms with Gasteiger partial charge in [-0.2, -0.15) is 13.2 Å². The van der Waals surface area contributed by atoms with Gasteiger partial charge in [-0.05, 0) is 88.5 Å². The zero-order valence-electron chi connectivity index (χ0n) is 19.7. The van der Waals surface area contributed by atoms with E-state index >= 15 is 0 Å². The molecule has 0 radical (unpaired) electrons. The molecule has 0 spiro atoms. The molecular weight excluding hydrogens is 434 g/mol. The van der Waals surface area contributed by atoms with Crippen molar-refractivity contribution < 1.29 is 32.0 Å². The second-order valence-electron chi connectivity index (χ2n) is 8.96. The number of halogens is 3. The third kappa shape index (κ3) is 5.19. The average Bonchev–Trinajstić information content (AvgIpc) is 2.94. The molecule has 0 atom stereocenters. The summed E-state index contributed by atoms with van der Waals surface area (Å²) >= 11 is 0. The van der Waals surface area contributed by atoms with E-state index in [1.54, 1.807) is 52.8 Å². The quantitative estimate of drug-likeness (QED) is 0.454. The lowest BCUT2D eigenvalue weighted by Crippen LogP contribution is -2.41. The normalized spacial score (nSPS) is 17.2.